The van der Waals surface area contributed by atoms with Crippen molar-refractivity contribution in [2.24, 2.45) is 16.6 Å². The summed E-state index contributed by atoms with van der Waals surface area (Å²) in [6.45, 7) is 2.79. The molecule has 2 N–H and O–H groups in total. The largest absolute Gasteiger partial charge is 0.382 e. The molecule has 1 saturated carbocycles. The van der Waals surface area contributed by atoms with Gasteiger partial charge in [0.2, 0.25) is 0 Å². The molecule has 1 fully saturated rings. The van der Waals surface area contributed by atoms with Gasteiger partial charge in [0.1, 0.15) is 0 Å². The van der Waals surface area contributed by atoms with Crippen LogP contribution in [0.2, 0.25) is 0 Å². The van der Waals surface area contributed by atoms with E-state index in [9.17, 15) is 0 Å². The first-order chi connectivity index (χ1) is 6.72. The molecule has 0 amide bonds. The van der Waals surface area contributed by atoms with Crippen LogP contribution in [0.25, 0.3) is 0 Å². The lowest BCUT2D eigenvalue weighted by Crippen LogP contribution is -2.27. The Hall–Kier alpha value is -0.410. The van der Waals surface area contributed by atoms with Gasteiger partial charge < -0.3 is 10.5 Å². The summed E-state index contributed by atoms with van der Waals surface area (Å²) in [7, 11) is 1.71. The number of methoxy groups -OCH3 is 1. The fourth-order valence-electron chi connectivity index (χ4n) is 1.85. The number of aliphatic imine (C=N–C) groups is 1. The summed E-state index contributed by atoms with van der Waals surface area (Å²) in [5.41, 5.74) is 5.84. The summed E-state index contributed by atoms with van der Waals surface area (Å²) < 4.78 is 5.03. The highest BCUT2D eigenvalue weighted by Crippen LogP contribution is 2.21. The molecule has 3 nitrogen and oxygen atoms in total. The summed E-state index contributed by atoms with van der Waals surface area (Å²) in [6, 6.07) is 0.714. The second kappa shape index (κ2) is 6.14. The van der Waals surface area contributed by atoms with Gasteiger partial charge in [0.05, 0.1) is 12.6 Å². The Labute approximate surface area is 86.7 Å². The van der Waals surface area contributed by atoms with Crippen molar-refractivity contribution >= 4 is 6.21 Å². The molecule has 0 saturated heterocycles. The topological polar surface area (TPSA) is 47.6 Å². The maximum absolute atomic E-state index is 5.84. The van der Waals surface area contributed by atoms with Crippen LogP contribution in [0.1, 0.15) is 32.6 Å². The third-order valence-electron chi connectivity index (χ3n) is 2.78. The molecular formula is C11H22N2O. The van der Waals surface area contributed by atoms with E-state index in [0.29, 0.717) is 18.6 Å². The maximum atomic E-state index is 5.84. The first kappa shape index (κ1) is 11.7. The average molecular weight is 198 g/mol. The van der Waals surface area contributed by atoms with Gasteiger partial charge in [0, 0.05) is 19.4 Å². The molecular weight excluding hydrogens is 176 g/mol. The van der Waals surface area contributed by atoms with Gasteiger partial charge in [-0.3, -0.25) is 4.99 Å². The Bertz CT molecular complexity index is 174. The Morgan fingerprint density at radius 3 is 2.64 bits per heavy atom. The molecule has 1 aliphatic carbocycles. The molecule has 0 bridgehead atoms. The molecule has 0 heterocycles. The summed E-state index contributed by atoms with van der Waals surface area (Å²) in [5, 5.41) is 0. The molecule has 0 aromatic carbocycles. The lowest BCUT2D eigenvalue weighted by molar-refractivity contribution is 0.186. The monoisotopic (exact) mass is 198 g/mol. The summed E-state index contributed by atoms with van der Waals surface area (Å²) >= 11 is 0. The van der Waals surface area contributed by atoms with E-state index in [0.717, 1.165) is 12.8 Å². The number of rotatable bonds is 4. The highest BCUT2D eigenvalue weighted by Gasteiger charge is 2.16. The van der Waals surface area contributed by atoms with Crippen molar-refractivity contribution in [3.8, 4) is 0 Å². The third kappa shape index (κ3) is 4.20. The third-order valence-corrected chi connectivity index (χ3v) is 2.78. The van der Waals surface area contributed by atoms with Gasteiger partial charge in [0.25, 0.3) is 0 Å². The molecule has 0 radical (unpaired) electrons. The molecule has 0 aliphatic heterocycles. The number of ether oxygens (including phenoxy) is 1. The number of nitrogens with zero attached hydrogens (tertiary/aromatic N) is 1. The molecule has 0 spiro atoms. The van der Waals surface area contributed by atoms with Gasteiger partial charge in [-0.1, -0.05) is 0 Å². The number of hydrogen-bond acceptors (Lipinski definition) is 3. The minimum atomic E-state index is 0.288. The maximum Gasteiger partial charge on any atom is 0.0701 e. The van der Waals surface area contributed by atoms with Crippen LogP contribution >= 0.6 is 0 Å². The van der Waals surface area contributed by atoms with Crippen LogP contribution in [0.4, 0.5) is 0 Å². The van der Waals surface area contributed by atoms with Crippen LogP contribution in [0, 0.1) is 5.92 Å². The van der Waals surface area contributed by atoms with Crippen LogP contribution in [-0.4, -0.2) is 32.0 Å². The van der Waals surface area contributed by atoms with Gasteiger partial charge in [0.15, 0.2) is 0 Å². The van der Waals surface area contributed by atoms with E-state index in [2.05, 4.69) is 18.1 Å². The number of nitrogens with two attached hydrogens (primary N) is 1. The summed E-state index contributed by atoms with van der Waals surface area (Å²) in [5.74, 6) is 0.647. The van der Waals surface area contributed by atoms with Crippen molar-refractivity contribution < 1.29 is 4.74 Å². The van der Waals surface area contributed by atoms with Crippen molar-refractivity contribution in [1.29, 1.82) is 0 Å². The van der Waals surface area contributed by atoms with Gasteiger partial charge in [-0.2, -0.15) is 0 Å². The SMILES string of the molecule is COC[C@@H](C)N=CC1CCC(N)CC1. The fourth-order valence-corrected chi connectivity index (χ4v) is 1.85. The predicted molar refractivity (Wildman–Crippen MR) is 59.8 cm³/mol. The Balaban J connectivity index is 2.23. The van der Waals surface area contributed by atoms with Gasteiger partial charge in [-0.15, -0.1) is 0 Å². The van der Waals surface area contributed by atoms with Crippen LogP contribution in [0.3, 0.4) is 0 Å². The zero-order chi connectivity index (χ0) is 10.4. The van der Waals surface area contributed by atoms with Gasteiger partial charge >= 0.3 is 0 Å². The molecule has 1 aliphatic rings. The highest BCUT2D eigenvalue weighted by molar-refractivity contribution is 5.61. The van der Waals surface area contributed by atoms with Crippen LogP contribution in [0.15, 0.2) is 4.99 Å². The van der Waals surface area contributed by atoms with Crippen molar-refractivity contribution in [1.82, 2.24) is 0 Å². The lowest BCUT2D eigenvalue weighted by atomic mass is 9.87. The molecule has 14 heavy (non-hydrogen) atoms. The smallest absolute Gasteiger partial charge is 0.0701 e. The van der Waals surface area contributed by atoms with Crippen molar-refractivity contribution in [2.75, 3.05) is 13.7 Å². The van der Waals surface area contributed by atoms with Crippen molar-refractivity contribution in [3.05, 3.63) is 0 Å². The van der Waals surface area contributed by atoms with E-state index in [1.807, 2.05) is 0 Å². The molecule has 3 heteroatoms. The zero-order valence-corrected chi connectivity index (χ0v) is 9.28. The minimum Gasteiger partial charge on any atom is -0.382 e. The van der Waals surface area contributed by atoms with E-state index < -0.39 is 0 Å². The minimum absolute atomic E-state index is 0.288. The standard InChI is InChI=1S/C11H22N2O/c1-9(8-14-2)13-7-10-3-5-11(12)6-4-10/h7,9-11H,3-6,8,12H2,1-2H3/t9-,10?,11?/m1/s1. The first-order valence-corrected chi connectivity index (χ1v) is 5.50. The van der Waals surface area contributed by atoms with Crippen LogP contribution in [0.5, 0.6) is 0 Å². The fraction of sp³-hybridized carbons (Fsp3) is 0.909. The predicted octanol–water partition coefficient (Wildman–Crippen LogP) is 1.61. The lowest BCUT2D eigenvalue weighted by Gasteiger charge is -2.23. The van der Waals surface area contributed by atoms with E-state index in [1.54, 1.807) is 7.11 Å². The van der Waals surface area contributed by atoms with Crippen molar-refractivity contribution in [3.63, 3.8) is 0 Å². The van der Waals surface area contributed by atoms with Crippen molar-refractivity contribution in [2.45, 2.75) is 44.7 Å². The van der Waals surface area contributed by atoms with E-state index in [4.69, 9.17) is 10.5 Å². The summed E-state index contributed by atoms with van der Waals surface area (Å²) in [4.78, 5) is 4.47. The Kier molecular flexibility index (Phi) is 5.12. The number of hydrogen-bond donors (Lipinski definition) is 1. The molecule has 1 atom stereocenters. The molecule has 0 aromatic rings. The molecule has 0 unspecified atom stereocenters. The van der Waals surface area contributed by atoms with E-state index >= 15 is 0 Å². The first-order valence-electron chi connectivity index (χ1n) is 5.50. The quantitative estimate of drug-likeness (QED) is 0.698. The second-order valence-corrected chi connectivity index (χ2v) is 4.28. The van der Waals surface area contributed by atoms with Gasteiger partial charge in [-0.25, -0.2) is 0 Å². The van der Waals surface area contributed by atoms with Crippen LogP contribution < -0.4 is 5.73 Å². The summed E-state index contributed by atoms with van der Waals surface area (Å²) in [6.07, 6.45) is 6.80. The second-order valence-electron chi connectivity index (χ2n) is 4.28. The van der Waals surface area contributed by atoms with Crippen LogP contribution in [-0.2, 0) is 4.74 Å². The molecule has 1 rings (SSSR count). The van der Waals surface area contributed by atoms with E-state index in [1.165, 1.54) is 12.8 Å². The van der Waals surface area contributed by atoms with E-state index in [-0.39, 0.29) is 6.04 Å². The average Bonchev–Trinajstić information content (AvgIpc) is 2.17. The molecule has 0 aromatic heterocycles. The molecule has 82 valence electrons. The normalized spacial score (nSPS) is 30.8. The Morgan fingerprint density at radius 1 is 1.43 bits per heavy atom. The van der Waals surface area contributed by atoms with Gasteiger partial charge in [-0.05, 0) is 38.5 Å². The highest BCUT2D eigenvalue weighted by atomic mass is 16.5. The zero-order valence-electron chi connectivity index (χ0n) is 9.28. The Morgan fingerprint density at radius 2 is 2.07 bits per heavy atom.